The lowest BCUT2D eigenvalue weighted by Gasteiger charge is -2.00. The number of rotatable bonds is 19. The molecule has 210 valence electrons. The van der Waals surface area contributed by atoms with Crippen molar-refractivity contribution in [3.8, 4) is 0 Å². The molecule has 2 fully saturated rings. The van der Waals surface area contributed by atoms with Crippen LogP contribution in [0, 0.1) is 11.8 Å². The van der Waals surface area contributed by atoms with E-state index >= 15 is 0 Å². The van der Waals surface area contributed by atoms with Crippen LogP contribution in [-0.2, 0) is 28.7 Å². The summed E-state index contributed by atoms with van der Waals surface area (Å²) in [6.45, 7) is 4.46. The van der Waals surface area contributed by atoms with E-state index in [4.69, 9.17) is 0 Å². The van der Waals surface area contributed by atoms with Gasteiger partial charge in [-0.05, 0) is 25.7 Å². The number of carbonyl (C=O) groups is 4. The van der Waals surface area contributed by atoms with Crippen LogP contribution in [0.25, 0.3) is 0 Å². The molecular formula is C31H50O6. The van der Waals surface area contributed by atoms with E-state index in [0.717, 1.165) is 12.8 Å². The molecule has 37 heavy (non-hydrogen) atoms. The van der Waals surface area contributed by atoms with Crippen LogP contribution in [0.5, 0.6) is 0 Å². The van der Waals surface area contributed by atoms with Crippen LogP contribution < -0.4 is 0 Å². The largest absolute Gasteiger partial charge is 0.393 e. The van der Waals surface area contributed by atoms with Crippen molar-refractivity contribution in [2.75, 3.05) is 0 Å². The molecular weight excluding hydrogens is 468 g/mol. The summed E-state index contributed by atoms with van der Waals surface area (Å²) in [6, 6.07) is 0. The minimum absolute atomic E-state index is 0.215. The molecule has 2 unspecified atom stereocenters. The fourth-order valence-corrected chi connectivity index (χ4v) is 4.41. The zero-order valence-corrected chi connectivity index (χ0v) is 23.3. The first-order valence-electron chi connectivity index (χ1n) is 14.8. The Kier molecular flexibility index (Phi) is 19.3. The van der Waals surface area contributed by atoms with Crippen molar-refractivity contribution in [2.24, 2.45) is 11.8 Å². The number of unbranched alkanes of at least 4 members (excludes halogenated alkanes) is 15. The summed E-state index contributed by atoms with van der Waals surface area (Å²) in [5.41, 5.74) is 0. The van der Waals surface area contributed by atoms with Crippen molar-refractivity contribution in [2.45, 2.75) is 136 Å². The topological polar surface area (TPSA) is 86.7 Å². The minimum Gasteiger partial charge on any atom is -0.393 e. The van der Waals surface area contributed by atoms with Gasteiger partial charge >= 0.3 is 23.9 Å². The maximum absolute atomic E-state index is 11.2. The van der Waals surface area contributed by atoms with E-state index in [1.807, 2.05) is 24.3 Å². The normalized spacial score (nSPS) is 19.5. The second-order valence-electron chi connectivity index (χ2n) is 10.2. The van der Waals surface area contributed by atoms with Crippen LogP contribution in [-0.4, -0.2) is 23.9 Å². The molecule has 2 heterocycles. The first-order valence-corrected chi connectivity index (χ1v) is 14.8. The van der Waals surface area contributed by atoms with Crippen molar-refractivity contribution < 1.29 is 28.7 Å². The Labute approximate surface area is 224 Å². The molecule has 0 aromatic carbocycles. The molecule has 0 bridgehead atoms. The summed E-state index contributed by atoms with van der Waals surface area (Å²) in [4.78, 5) is 44.1. The Bertz CT molecular complexity index is 723. The zero-order chi connectivity index (χ0) is 27.1. The van der Waals surface area contributed by atoms with Gasteiger partial charge in [0.1, 0.15) is 0 Å². The first-order chi connectivity index (χ1) is 18.0. The van der Waals surface area contributed by atoms with Gasteiger partial charge in [-0.25, -0.2) is 0 Å². The molecule has 0 aromatic heterocycles. The van der Waals surface area contributed by atoms with Gasteiger partial charge < -0.3 is 9.47 Å². The van der Waals surface area contributed by atoms with Gasteiger partial charge in [0.05, 0.1) is 24.7 Å². The highest BCUT2D eigenvalue weighted by molar-refractivity contribution is 5.96. The highest BCUT2D eigenvalue weighted by atomic mass is 16.6. The van der Waals surface area contributed by atoms with Crippen molar-refractivity contribution in [1.82, 2.24) is 0 Å². The molecule has 2 atom stereocenters. The van der Waals surface area contributed by atoms with Gasteiger partial charge in [-0.3, -0.25) is 19.2 Å². The van der Waals surface area contributed by atoms with Gasteiger partial charge in [0.15, 0.2) is 0 Å². The number of ether oxygens (including phenoxy) is 2. The van der Waals surface area contributed by atoms with Crippen molar-refractivity contribution in [3.05, 3.63) is 24.3 Å². The number of esters is 4. The van der Waals surface area contributed by atoms with E-state index in [2.05, 4.69) is 23.3 Å². The maximum atomic E-state index is 11.2. The highest BCUT2D eigenvalue weighted by Gasteiger charge is 2.31. The monoisotopic (exact) mass is 518 g/mol. The van der Waals surface area contributed by atoms with E-state index in [9.17, 15) is 19.2 Å². The Morgan fingerprint density at radius 2 is 0.865 bits per heavy atom. The third kappa shape index (κ3) is 17.0. The highest BCUT2D eigenvalue weighted by Crippen LogP contribution is 2.19. The Morgan fingerprint density at radius 3 is 1.16 bits per heavy atom. The summed E-state index contributed by atoms with van der Waals surface area (Å²) in [5.74, 6) is -2.24. The van der Waals surface area contributed by atoms with Gasteiger partial charge in [0, 0.05) is 0 Å². The lowest BCUT2D eigenvalue weighted by Crippen LogP contribution is -2.03. The fourth-order valence-electron chi connectivity index (χ4n) is 4.41. The van der Waals surface area contributed by atoms with Crippen LogP contribution in [0.3, 0.4) is 0 Å². The molecule has 6 heteroatoms. The molecule has 2 rings (SSSR count). The van der Waals surface area contributed by atoms with Gasteiger partial charge in [-0.15, -0.1) is 0 Å². The summed E-state index contributed by atoms with van der Waals surface area (Å²) in [6.07, 6.45) is 29.6. The van der Waals surface area contributed by atoms with E-state index in [0.29, 0.717) is 0 Å². The summed E-state index contributed by atoms with van der Waals surface area (Å²) in [5, 5.41) is 0. The second kappa shape index (κ2) is 21.8. The third-order valence-corrected chi connectivity index (χ3v) is 6.74. The van der Waals surface area contributed by atoms with Crippen LogP contribution in [0.15, 0.2) is 24.3 Å². The minimum atomic E-state index is -0.398. The summed E-state index contributed by atoms with van der Waals surface area (Å²) >= 11 is 0. The second-order valence-corrected chi connectivity index (χ2v) is 10.2. The molecule has 2 aliphatic rings. The standard InChI is InChI=1S/C16H26O3.C15H24O3/c1-2-3-4-5-6-7-8-9-10-11-12-14-13-15(17)19-16(14)18;1-2-3-4-5-6-7-8-9-10-11-13-12-14(16)18-15(13)17/h11-12,14H,2-10,13H2,1H3;10-11,13H,2-9,12H2,1H3. The molecule has 0 N–H and O–H groups in total. The van der Waals surface area contributed by atoms with Gasteiger partial charge in [-0.1, -0.05) is 122 Å². The first kappa shape index (κ1) is 32.8. The number of hydrogen-bond acceptors (Lipinski definition) is 6. The molecule has 6 nitrogen and oxygen atoms in total. The third-order valence-electron chi connectivity index (χ3n) is 6.74. The average molecular weight is 519 g/mol. The van der Waals surface area contributed by atoms with Crippen LogP contribution in [0.2, 0.25) is 0 Å². The summed E-state index contributed by atoms with van der Waals surface area (Å²) < 4.78 is 8.96. The number of carbonyl (C=O) groups excluding carboxylic acids is 4. The predicted molar refractivity (Wildman–Crippen MR) is 147 cm³/mol. The summed E-state index contributed by atoms with van der Waals surface area (Å²) in [7, 11) is 0. The lowest BCUT2D eigenvalue weighted by molar-refractivity contribution is -0.154. The van der Waals surface area contributed by atoms with Crippen LogP contribution in [0.1, 0.15) is 136 Å². The number of hydrogen-bond donors (Lipinski definition) is 0. The van der Waals surface area contributed by atoms with Crippen LogP contribution >= 0.6 is 0 Å². The van der Waals surface area contributed by atoms with Gasteiger partial charge in [-0.2, -0.15) is 0 Å². The van der Waals surface area contributed by atoms with Crippen LogP contribution in [0.4, 0.5) is 0 Å². The molecule has 0 radical (unpaired) electrons. The molecule has 2 saturated heterocycles. The molecule has 0 amide bonds. The Hall–Kier alpha value is -2.24. The molecule has 0 aromatic rings. The fraction of sp³-hybridized carbons (Fsp3) is 0.742. The predicted octanol–water partition coefficient (Wildman–Crippen LogP) is 7.94. The zero-order valence-electron chi connectivity index (χ0n) is 23.3. The van der Waals surface area contributed by atoms with E-state index in [1.165, 1.54) is 96.3 Å². The molecule has 0 saturated carbocycles. The SMILES string of the molecule is CCCCCCCCCC=CC1CC(=O)OC1=O.CCCCCCCCCCC=CC1CC(=O)OC1=O. The average Bonchev–Trinajstić information content (AvgIpc) is 3.37. The van der Waals surface area contributed by atoms with E-state index in [-0.39, 0.29) is 24.7 Å². The molecule has 2 aliphatic heterocycles. The van der Waals surface area contributed by atoms with Gasteiger partial charge in [0.25, 0.3) is 0 Å². The lowest BCUT2D eigenvalue weighted by atomic mass is 10.0. The smallest absolute Gasteiger partial charge is 0.321 e. The van der Waals surface area contributed by atoms with Crippen molar-refractivity contribution >= 4 is 23.9 Å². The van der Waals surface area contributed by atoms with Crippen molar-refractivity contribution in [3.63, 3.8) is 0 Å². The van der Waals surface area contributed by atoms with Crippen molar-refractivity contribution in [1.29, 1.82) is 0 Å². The van der Waals surface area contributed by atoms with E-state index in [1.54, 1.807) is 0 Å². The quantitative estimate of drug-likeness (QED) is 0.0746. The molecule has 0 aliphatic carbocycles. The Morgan fingerprint density at radius 1 is 0.541 bits per heavy atom. The van der Waals surface area contributed by atoms with E-state index < -0.39 is 23.9 Å². The van der Waals surface area contributed by atoms with Gasteiger partial charge in [0.2, 0.25) is 0 Å². The number of cyclic esters (lactones) is 4. The Balaban J connectivity index is 0.000000371. The maximum Gasteiger partial charge on any atom is 0.321 e. The number of allylic oxidation sites excluding steroid dienone is 2. The molecule has 0 spiro atoms.